The Labute approximate surface area is 103 Å². The topological polar surface area (TPSA) is 96.7 Å². The molecular weight excluding hydrogens is 240 g/mol. The van der Waals surface area contributed by atoms with Gasteiger partial charge in [-0.1, -0.05) is 0 Å². The van der Waals surface area contributed by atoms with Gasteiger partial charge in [0.25, 0.3) is 11.6 Å². The van der Waals surface area contributed by atoms with Crippen LogP contribution >= 0.6 is 0 Å². The zero-order valence-corrected chi connectivity index (χ0v) is 9.89. The summed E-state index contributed by atoms with van der Waals surface area (Å²) in [6.45, 7) is -0.134. The van der Waals surface area contributed by atoms with Crippen molar-refractivity contribution < 1.29 is 14.5 Å². The Hall–Kier alpha value is -2.35. The molecule has 0 aliphatic carbocycles. The maximum atomic E-state index is 11.2. The van der Waals surface area contributed by atoms with Crippen molar-refractivity contribution in [3.63, 3.8) is 0 Å². The molecule has 1 amide bonds. The molecule has 0 spiro atoms. The lowest BCUT2D eigenvalue weighted by molar-refractivity contribution is -0.384. The van der Waals surface area contributed by atoms with Gasteiger partial charge in [-0.3, -0.25) is 14.9 Å². The summed E-state index contributed by atoms with van der Waals surface area (Å²) in [6.07, 6.45) is 0. The summed E-state index contributed by atoms with van der Waals surface area (Å²) in [5.41, 5.74) is 3.40. The third-order valence-corrected chi connectivity index (χ3v) is 2.27. The fourth-order valence-corrected chi connectivity index (χ4v) is 1.60. The first kappa shape index (κ1) is 12.1. The van der Waals surface area contributed by atoms with Gasteiger partial charge in [0.15, 0.2) is 12.4 Å². The Morgan fingerprint density at radius 3 is 2.83 bits per heavy atom. The smallest absolute Gasteiger partial charge is 0.297 e. The van der Waals surface area contributed by atoms with Crippen LogP contribution in [0.4, 0.5) is 17.1 Å². The largest absolute Gasteiger partial charge is 0.481 e. The van der Waals surface area contributed by atoms with Crippen LogP contribution in [0.25, 0.3) is 0 Å². The van der Waals surface area contributed by atoms with E-state index in [0.717, 1.165) is 0 Å². The van der Waals surface area contributed by atoms with Gasteiger partial charge in [0, 0.05) is 14.1 Å². The van der Waals surface area contributed by atoms with Crippen LogP contribution in [0.2, 0.25) is 0 Å². The van der Waals surface area contributed by atoms with Gasteiger partial charge in [0.05, 0.1) is 16.7 Å². The lowest BCUT2D eigenvalue weighted by Gasteiger charge is -2.20. The van der Waals surface area contributed by atoms with Gasteiger partial charge in [0.1, 0.15) is 5.69 Å². The number of anilines is 2. The molecule has 0 saturated heterocycles. The highest BCUT2D eigenvalue weighted by molar-refractivity contribution is 5.96. The van der Waals surface area contributed by atoms with Gasteiger partial charge in [-0.15, -0.1) is 0 Å². The molecule has 0 atom stereocenters. The molecule has 2 rings (SSSR count). The summed E-state index contributed by atoms with van der Waals surface area (Å²) in [7, 11) is 3.41. The number of fused-ring (bicyclic) bond motifs is 1. The highest BCUT2D eigenvalue weighted by atomic mass is 16.6. The van der Waals surface area contributed by atoms with Crippen molar-refractivity contribution in [1.82, 2.24) is 5.01 Å². The molecule has 0 saturated carbocycles. The predicted molar refractivity (Wildman–Crippen MR) is 64.5 cm³/mol. The van der Waals surface area contributed by atoms with E-state index in [2.05, 4.69) is 10.7 Å². The molecular formula is C10H12N4O4. The normalized spacial score (nSPS) is 13.6. The quantitative estimate of drug-likeness (QED) is 0.610. The first-order valence-corrected chi connectivity index (χ1v) is 5.16. The average Bonchev–Trinajstić information content (AvgIpc) is 2.26. The number of hydrogen-bond donors (Lipinski definition) is 2. The third-order valence-electron chi connectivity index (χ3n) is 2.27. The van der Waals surface area contributed by atoms with E-state index in [1.54, 1.807) is 19.1 Å². The molecule has 1 aliphatic rings. The fourth-order valence-electron chi connectivity index (χ4n) is 1.60. The predicted octanol–water partition coefficient (Wildman–Crippen LogP) is 0.814. The van der Waals surface area contributed by atoms with Gasteiger partial charge in [-0.05, 0) is 6.07 Å². The van der Waals surface area contributed by atoms with Crippen molar-refractivity contribution in [3.05, 3.63) is 22.2 Å². The van der Waals surface area contributed by atoms with Gasteiger partial charge in [0.2, 0.25) is 0 Å². The van der Waals surface area contributed by atoms with Crippen LogP contribution in [-0.2, 0) is 4.79 Å². The van der Waals surface area contributed by atoms with Crippen molar-refractivity contribution >= 4 is 23.0 Å². The molecule has 0 bridgehead atoms. The number of nitrogens with zero attached hydrogens (tertiary/aromatic N) is 2. The molecule has 0 fully saturated rings. The number of hydrazine groups is 1. The number of hydrogen-bond acceptors (Lipinski definition) is 6. The summed E-state index contributed by atoms with van der Waals surface area (Å²) >= 11 is 0. The fraction of sp³-hybridized carbons (Fsp3) is 0.300. The Morgan fingerprint density at radius 1 is 1.50 bits per heavy atom. The summed E-state index contributed by atoms with van der Waals surface area (Å²) in [6, 6.07) is 2.77. The highest BCUT2D eigenvalue weighted by Gasteiger charge is 2.23. The minimum atomic E-state index is -0.508. The Morgan fingerprint density at radius 2 is 2.22 bits per heavy atom. The number of carbonyl (C=O) groups excluding carboxylic acids is 1. The zero-order valence-electron chi connectivity index (χ0n) is 9.89. The molecule has 8 nitrogen and oxygen atoms in total. The number of nitro benzene ring substituents is 1. The second-order valence-corrected chi connectivity index (χ2v) is 3.97. The van der Waals surface area contributed by atoms with E-state index in [-0.39, 0.29) is 23.9 Å². The van der Waals surface area contributed by atoms with Crippen LogP contribution in [0.1, 0.15) is 0 Å². The molecule has 0 unspecified atom stereocenters. The van der Waals surface area contributed by atoms with Crippen molar-refractivity contribution in [3.8, 4) is 5.75 Å². The lowest BCUT2D eigenvalue weighted by atomic mass is 10.2. The van der Waals surface area contributed by atoms with Crippen LogP contribution in [0.15, 0.2) is 12.1 Å². The third kappa shape index (κ3) is 2.33. The van der Waals surface area contributed by atoms with Gasteiger partial charge in [-0.25, -0.2) is 5.01 Å². The molecule has 2 N–H and O–H groups in total. The van der Waals surface area contributed by atoms with Crippen molar-refractivity contribution in [1.29, 1.82) is 0 Å². The molecule has 18 heavy (non-hydrogen) atoms. The molecule has 1 aromatic carbocycles. The maximum absolute atomic E-state index is 11.2. The van der Waals surface area contributed by atoms with Crippen LogP contribution in [0, 0.1) is 10.1 Å². The summed E-state index contributed by atoms with van der Waals surface area (Å²) in [5.74, 6) is 0.0118. The van der Waals surface area contributed by atoms with Crippen LogP contribution in [0.3, 0.4) is 0 Å². The Kier molecular flexibility index (Phi) is 3.02. The highest BCUT2D eigenvalue weighted by Crippen LogP contribution is 2.37. The van der Waals surface area contributed by atoms with E-state index in [0.29, 0.717) is 11.4 Å². The number of ether oxygens (including phenoxy) is 1. The summed E-state index contributed by atoms with van der Waals surface area (Å²) < 4.78 is 5.13. The monoisotopic (exact) mass is 252 g/mol. The van der Waals surface area contributed by atoms with E-state index in [1.165, 1.54) is 12.1 Å². The minimum Gasteiger partial charge on any atom is -0.481 e. The van der Waals surface area contributed by atoms with Gasteiger partial charge < -0.3 is 15.5 Å². The van der Waals surface area contributed by atoms with Crippen LogP contribution in [0.5, 0.6) is 5.75 Å². The van der Waals surface area contributed by atoms with Gasteiger partial charge >= 0.3 is 0 Å². The number of benzene rings is 1. The first-order chi connectivity index (χ1) is 8.47. The zero-order chi connectivity index (χ0) is 13.3. The van der Waals surface area contributed by atoms with Crippen molar-refractivity contribution in [2.45, 2.75) is 0 Å². The number of nitro groups is 1. The van der Waals surface area contributed by atoms with E-state index in [4.69, 9.17) is 4.74 Å². The molecule has 0 radical (unpaired) electrons. The number of rotatable bonds is 3. The standard InChI is InChI=1S/C10H12N4O4/c1-13(2)12-6-3-7-9(4-8(6)14(16)17)18-5-10(15)11-7/h3-4,12H,5H2,1-2H3,(H,11,15). The lowest BCUT2D eigenvalue weighted by Crippen LogP contribution is -2.26. The number of nitrogens with one attached hydrogen (secondary N) is 2. The van der Waals surface area contributed by atoms with E-state index in [9.17, 15) is 14.9 Å². The van der Waals surface area contributed by atoms with Crippen molar-refractivity contribution in [2.75, 3.05) is 31.4 Å². The first-order valence-electron chi connectivity index (χ1n) is 5.16. The summed E-state index contributed by atoms with van der Waals surface area (Å²) in [5, 5.41) is 15.1. The minimum absolute atomic E-state index is 0.112. The number of amides is 1. The second kappa shape index (κ2) is 4.49. The van der Waals surface area contributed by atoms with E-state index < -0.39 is 4.92 Å². The molecule has 8 heteroatoms. The van der Waals surface area contributed by atoms with Crippen LogP contribution in [-0.4, -0.2) is 36.5 Å². The molecule has 0 aromatic heterocycles. The summed E-state index contributed by atoms with van der Waals surface area (Å²) in [4.78, 5) is 21.6. The second-order valence-electron chi connectivity index (χ2n) is 3.97. The van der Waals surface area contributed by atoms with Crippen LogP contribution < -0.4 is 15.5 Å². The average molecular weight is 252 g/mol. The molecule has 1 aliphatic heterocycles. The Bertz CT molecular complexity index is 515. The van der Waals surface area contributed by atoms with E-state index in [1.807, 2.05) is 0 Å². The van der Waals surface area contributed by atoms with Crippen molar-refractivity contribution in [2.24, 2.45) is 0 Å². The SMILES string of the molecule is CN(C)Nc1cc2c(cc1[N+](=O)[O-])OCC(=O)N2. The number of carbonyl (C=O) groups is 1. The Balaban J connectivity index is 2.46. The van der Waals surface area contributed by atoms with E-state index >= 15 is 0 Å². The molecule has 1 heterocycles. The van der Waals surface area contributed by atoms with Gasteiger partial charge in [-0.2, -0.15) is 0 Å². The molecule has 96 valence electrons. The maximum Gasteiger partial charge on any atom is 0.297 e. The molecule has 1 aromatic rings.